The van der Waals surface area contributed by atoms with E-state index >= 15 is 0 Å². The van der Waals surface area contributed by atoms with E-state index in [4.69, 9.17) is 11.6 Å². The number of carbonyl (C=O) groups excluding carboxylic acids is 2. The van der Waals surface area contributed by atoms with Crippen LogP contribution >= 0.6 is 11.6 Å². The minimum atomic E-state index is -0.221. The van der Waals surface area contributed by atoms with Gasteiger partial charge in [0, 0.05) is 60.2 Å². The molecule has 3 aromatic rings. The first-order valence-electron chi connectivity index (χ1n) is 13.0. The Morgan fingerprint density at radius 3 is 2.16 bits per heavy atom. The summed E-state index contributed by atoms with van der Waals surface area (Å²) in [6, 6.07) is 22.3. The van der Waals surface area contributed by atoms with E-state index in [2.05, 4.69) is 51.6 Å². The quantitative estimate of drug-likeness (QED) is 0.348. The van der Waals surface area contributed by atoms with Crippen LogP contribution < -0.4 is 15.5 Å². The Morgan fingerprint density at radius 1 is 0.811 bits per heavy atom. The molecule has 1 heterocycles. The molecule has 0 aliphatic carbocycles. The van der Waals surface area contributed by atoms with Crippen molar-refractivity contribution in [1.29, 1.82) is 0 Å². The number of nitrogens with one attached hydrogen (secondary N) is 2. The molecule has 1 aliphatic heterocycles. The van der Waals surface area contributed by atoms with Crippen LogP contribution in [0.25, 0.3) is 0 Å². The standard InChI is InChI=1S/C30H35ClN4O2/c1-2-23-7-3-4-8-28(23)35-21-19-34(20-22-35)18-6-5-17-32-29(36)24-11-15-27(16-12-24)33-30(37)25-9-13-26(31)14-10-25/h3-4,7-16H,2,5-6,17-22H2,1H3,(H,32,36)(H,33,37). The van der Waals surface area contributed by atoms with Gasteiger partial charge in [-0.2, -0.15) is 0 Å². The zero-order valence-corrected chi connectivity index (χ0v) is 22.1. The lowest BCUT2D eigenvalue weighted by molar-refractivity contribution is 0.0952. The Kier molecular flexibility index (Phi) is 9.58. The first-order valence-corrected chi connectivity index (χ1v) is 13.4. The van der Waals surface area contributed by atoms with Gasteiger partial charge in [-0.05, 0) is 86.0 Å². The summed E-state index contributed by atoms with van der Waals surface area (Å²) in [6.45, 7) is 8.19. The summed E-state index contributed by atoms with van der Waals surface area (Å²) < 4.78 is 0. The molecule has 7 heteroatoms. The first-order chi connectivity index (χ1) is 18.0. The number of unbranched alkanes of at least 4 members (excludes halogenated alkanes) is 1. The number of benzene rings is 3. The highest BCUT2D eigenvalue weighted by Gasteiger charge is 2.18. The van der Waals surface area contributed by atoms with Crippen LogP contribution in [0.1, 0.15) is 46.0 Å². The highest BCUT2D eigenvalue weighted by molar-refractivity contribution is 6.30. The maximum absolute atomic E-state index is 12.5. The first kappa shape index (κ1) is 26.7. The van der Waals surface area contributed by atoms with Crippen molar-refractivity contribution < 1.29 is 9.59 Å². The number of hydrogen-bond donors (Lipinski definition) is 2. The van der Waals surface area contributed by atoms with E-state index in [1.54, 1.807) is 48.5 Å². The normalized spacial score (nSPS) is 13.8. The minimum absolute atomic E-state index is 0.0984. The maximum Gasteiger partial charge on any atom is 0.255 e. The number of halogens is 1. The number of hydrogen-bond acceptors (Lipinski definition) is 4. The number of rotatable bonds is 10. The van der Waals surface area contributed by atoms with Gasteiger partial charge in [-0.15, -0.1) is 0 Å². The van der Waals surface area contributed by atoms with Crippen molar-refractivity contribution in [2.75, 3.05) is 49.5 Å². The Morgan fingerprint density at radius 2 is 1.46 bits per heavy atom. The molecular weight excluding hydrogens is 484 g/mol. The van der Waals surface area contributed by atoms with Crippen LogP contribution in [0.5, 0.6) is 0 Å². The van der Waals surface area contributed by atoms with Gasteiger partial charge in [0.15, 0.2) is 0 Å². The molecule has 37 heavy (non-hydrogen) atoms. The molecule has 0 bridgehead atoms. The van der Waals surface area contributed by atoms with Crippen molar-refractivity contribution in [1.82, 2.24) is 10.2 Å². The van der Waals surface area contributed by atoms with E-state index in [0.29, 0.717) is 28.4 Å². The molecule has 2 N–H and O–H groups in total. The van der Waals surface area contributed by atoms with Gasteiger partial charge in [-0.3, -0.25) is 14.5 Å². The second-order valence-corrected chi connectivity index (χ2v) is 9.75. The van der Waals surface area contributed by atoms with Crippen molar-refractivity contribution in [2.24, 2.45) is 0 Å². The highest BCUT2D eigenvalue weighted by Crippen LogP contribution is 2.22. The smallest absolute Gasteiger partial charge is 0.255 e. The van der Waals surface area contributed by atoms with Crippen LogP contribution in [0.2, 0.25) is 5.02 Å². The average Bonchev–Trinajstić information content (AvgIpc) is 2.94. The minimum Gasteiger partial charge on any atom is -0.369 e. The van der Waals surface area contributed by atoms with Crippen LogP contribution in [0.3, 0.4) is 0 Å². The zero-order chi connectivity index (χ0) is 26.0. The van der Waals surface area contributed by atoms with Gasteiger partial charge >= 0.3 is 0 Å². The molecule has 4 rings (SSSR count). The Labute approximate surface area is 224 Å². The Hall–Kier alpha value is -3.35. The SMILES string of the molecule is CCc1ccccc1N1CCN(CCCCNC(=O)c2ccc(NC(=O)c3ccc(Cl)cc3)cc2)CC1. The molecule has 0 spiro atoms. The maximum atomic E-state index is 12.5. The van der Waals surface area contributed by atoms with Crippen molar-refractivity contribution in [3.05, 3.63) is 94.5 Å². The zero-order valence-electron chi connectivity index (χ0n) is 21.4. The molecule has 194 valence electrons. The summed E-state index contributed by atoms with van der Waals surface area (Å²) in [5.41, 5.74) is 4.53. The molecule has 1 saturated heterocycles. The van der Waals surface area contributed by atoms with Crippen LogP contribution in [0.4, 0.5) is 11.4 Å². The van der Waals surface area contributed by atoms with Crippen molar-refractivity contribution in [3.8, 4) is 0 Å². The Bertz CT molecular complexity index is 1170. The van der Waals surface area contributed by atoms with E-state index in [9.17, 15) is 9.59 Å². The molecule has 1 fully saturated rings. The average molecular weight is 519 g/mol. The van der Waals surface area contributed by atoms with Crippen LogP contribution in [-0.4, -0.2) is 56.0 Å². The summed E-state index contributed by atoms with van der Waals surface area (Å²) in [4.78, 5) is 29.8. The second-order valence-electron chi connectivity index (χ2n) is 9.31. The van der Waals surface area contributed by atoms with Gasteiger partial charge in [-0.25, -0.2) is 0 Å². The third kappa shape index (κ3) is 7.57. The number of aryl methyl sites for hydroxylation is 1. The fourth-order valence-electron chi connectivity index (χ4n) is 4.60. The van der Waals surface area contributed by atoms with Gasteiger partial charge in [0.1, 0.15) is 0 Å². The van der Waals surface area contributed by atoms with Gasteiger partial charge in [0.25, 0.3) is 11.8 Å². The lowest BCUT2D eigenvalue weighted by Gasteiger charge is -2.37. The molecular formula is C30H35ClN4O2. The fourth-order valence-corrected chi connectivity index (χ4v) is 4.73. The van der Waals surface area contributed by atoms with Crippen LogP contribution in [0.15, 0.2) is 72.8 Å². The van der Waals surface area contributed by atoms with E-state index in [-0.39, 0.29) is 11.8 Å². The number of piperazine rings is 1. The summed E-state index contributed by atoms with van der Waals surface area (Å²) >= 11 is 5.87. The third-order valence-corrected chi connectivity index (χ3v) is 7.04. The molecule has 0 unspecified atom stereocenters. The molecule has 3 aromatic carbocycles. The van der Waals surface area contributed by atoms with Gasteiger partial charge in [0.2, 0.25) is 0 Å². The molecule has 0 saturated carbocycles. The van der Waals surface area contributed by atoms with Crippen molar-refractivity contribution in [3.63, 3.8) is 0 Å². The van der Waals surface area contributed by atoms with Gasteiger partial charge < -0.3 is 15.5 Å². The van der Waals surface area contributed by atoms with E-state index < -0.39 is 0 Å². The summed E-state index contributed by atoms with van der Waals surface area (Å²) in [5, 5.41) is 6.42. The number of para-hydroxylation sites is 1. The Balaban J connectivity index is 1.13. The molecule has 1 aliphatic rings. The summed E-state index contributed by atoms with van der Waals surface area (Å²) in [7, 11) is 0. The number of carbonyl (C=O) groups is 2. The van der Waals surface area contributed by atoms with Crippen molar-refractivity contribution >= 4 is 34.8 Å². The van der Waals surface area contributed by atoms with Crippen LogP contribution in [0, 0.1) is 0 Å². The monoisotopic (exact) mass is 518 g/mol. The van der Waals surface area contributed by atoms with Crippen molar-refractivity contribution in [2.45, 2.75) is 26.2 Å². The largest absolute Gasteiger partial charge is 0.369 e. The topological polar surface area (TPSA) is 64.7 Å². The number of anilines is 2. The van der Waals surface area contributed by atoms with E-state index in [0.717, 1.165) is 52.0 Å². The highest BCUT2D eigenvalue weighted by atomic mass is 35.5. The number of amides is 2. The third-order valence-electron chi connectivity index (χ3n) is 6.78. The second kappa shape index (κ2) is 13.3. The van der Waals surface area contributed by atoms with Gasteiger partial charge in [0.05, 0.1) is 0 Å². The summed E-state index contributed by atoms with van der Waals surface area (Å²) in [6.07, 6.45) is 3.06. The molecule has 2 amide bonds. The fraction of sp³-hybridized carbons (Fsp3) is 0.333. The molecule has 6 nitrogen and oxygen atoms in total. The predicted molar refractivity (Wildman–Crippen MR) is 152 cm³/mol. The van der Waals surface area contributed by atoms with E-state index in [1.807, 2.05) is 0 Å². The van der Waals surface area contributed by atoms with E-state index in [1.165, 1.54) is 11.3 Å². The molecule has 0 atom stereocenters. The van der Waals surface area contributed by atoms with Crippen LogP contribution in [-0.2, 0) is 6.42 Å². The molecule has 0 aromatic heterocycles. The predicted octanol–water partition coefficient (Wildman–Crippen LogP) is 5.49. The van der Waals surface area contributed by atoms with Gasteiger partial charge in [-0.1, -0.05) is 36.7 Å². The molecule has 0 radical (unpaired) electrons. The summed E-state index contributed by atoms with van der Waals surface area (Å²) in [5.74, 6) is -0.320. The lowest BCUT2D eigenvalue weighted by Crippen LogP contribution is -2.47. The lowest BCUT2D eigenvalue weighted by atomic mass is 10.1. The number of nitrogens with zero attached hydrogens (tertiary/aromatic N) is 2.